The molecule has 0 atom stereocenters. The van der Waals surface area contributed by atoms with Crippen molar-refractivity contribution in [3.63, 3.8) is 0 Å². The summed E-state index contributed by atoms with van der Waals surface area (Å²) in [6, 6.07) is 19.4. The van der Waals surface area contributed by atoms with Crippen molar-refractivity contribution in [2.75, 3.05) is 0 Å². The van der Waals surface area contributed by atoms with E-state index in [9.17, 15) is 0 Å². The van der Waals surface area contributed by atoms with Gasteiger partial charge >= 0.3 is 0 Å². The fourth-order valence-electron chi connectivity index (χ4n) is 2.84. The van der Waals surface area contributed by atoms with E-state index >= 15 is 0 Å². The monoisotopic (exact) mass is 312 g/mol. The molecule has 0 amide bonds. The molecule has 5 nitrogen and oxygen atoms in total. The van der Waals surface area contributed by atoms with E-state index in [4.69, 9.17) is 9.40 Å². The Balaban J connectivity index is 1.80. The van der Waals surface area contributed by atoms with Crippen LogP contribution in [0.25, 0.3) is 39.7 Å². The molecule has 0 spiro atoms. The molecule has 0 radical (unpaired) electrons. The van der Waals surface area contributed by atoms with E-state index < -0.39 is 0 Å². The van der Waals surface area contributed by atoms with E-state index in [-0.39, 0.29) is 0 Å². The number of benzene rings is 1. The second-order valence-corrected chi connectivity index (χ2v) is 5.44. The van der Waals surface area contributed by atoms with Gasteiger partial charge in [0.25, 0.3) is 0 Å². The van der Waals surface area contributed by atoms with Crippen LogP contribution in [0, 0.1) is 0 Å². The van der Waals surface area contributed by atoms with Gasteiger partial charge in [-0.3, -0.25) is 9.38 Å². The predicted octanol–water partition coefficient (Wildman–Crippen LogP) is 4.20. The van der Waals surface area contributed by atoms with Gasteiger partial charge in [0.2, 0.25) is 5.89 Å². The van der Waals surface area contributed by atoms with Crippen molar-refractivity contribution in [3.8, 4) is 23.1 Å². The molecule has 0 bridgehead atoms. The summed E-state index contributed by atoms with van der Waals surface area (Å²) in [7, 11) is 0. The maximum atomic E-state index is 5.90. The zero-order valence-electron chi connectivity index (χ0n) is 12.6. The van der Waals surface area contributed by atoms with Crippen LogP contribution < -0.4 is 0 Å². The van der Waals surface area contributed by atoms with Crippen LogP contribution in [0.5, 0.6) is 0 Å². The highest BCUT2D eigenvalue weighted by atomic mass is 16.3. The number of hydrogen-bond acceptors (Lipinski definition) is 4. The molecule has 0 aliphatic rings. The van der Waals surface area contributed by atoms with Crippen molar-refractivity contribution in [3.05, 3.63) is 73.1 Å². The van der Waals surface area contributed by atoms with Gasteiger partial charge in [-0.05, 0) is 36.4 Å². The summed E-state index contributed by atoms with van der Waals surface area (Å²) < 4.78 is 7.91. The lowest BCUT2D eigenvalue weighted by Gasteiger charge is -1.99. The first-order valence-electron chi connectivity index (χ1n) is 7.64. The summed E-state index contributed by atoms with van der Waals surface area (Å²) in [5.41, 5.74) is 4.03. The molecule has 4 heterocycles. The largest absolute Gasteiger partial charge is 0.435 e. The number of nitrogens with zero attached hydrogens (tertiary/aromatic N) is 4. The van der Waals surface area contributed by atoms with Gasteiger partial charge in [-0.1, -0.05) is 24.3 Å². The first-order chi connectivity index (χ1) is 11.9. The summed E-state index contributed by atoms with van der Waals surface area (Å²) in [5, 5.41) is 0. The molecule has 24 heavy (non-hydrogen) atoms. The number of para-hydroxylation sites is 2. The van der Waals surface area contributed by atoms with Gasteiger partial charge in [-0.2, -0.15) is 0 Å². The summed E-state index contributed by atoms with van der Waals surface area (Å²) in [6.07, 6.45) is 3.73. The molecule has 5 aromatic rings. The second-order valence-electron chi connectivity index (χ2n) is 5.44. The van der Waals surface area contributed by atoms with E-state index in [1.54, 1.807) is 6.20 Å². The Bertz CT molecular complexity index is 1120. The maximum absolute atomic E-state index is 5.90. The number of rotatable bonds is 2. The van der Waals surface area contributed by atoms with Crippen LogP contribution >= 0.6 is 0 Å². The molecule has 4 aromatic heterocycles. The van der Waals surface area contributed by atoms with Crippen molar-refractivity contribution >= 4 is 16.6 Å². The number of pyridine rings is 2. The lowest BCUT2D eigenvalue weighted by Crippen LogP contribution is -1.90. The highest BCUT2D eigenvalue weighted by molar-refractivity contribution is 5.81. The second kappa shape index (κ2) is 5.03. The van der Waals surface area contributed by atoms with Gasteiger partial charge in [-0.15, -0.1) is 0 Å². The third kappa shape index (κ3) is 1.91. The fourth-order valence-corrected chi connectivity index (χ4v) is 2.84. The summed E-state index contributed by atoms with van der Waals surface area (Å²) >= 11 is 0. The Morgan fingerprint density at radius 1 is 0.833 bits per heavy atom. The molecule has 0 N–H and O–H groups in total. The quantitative estimate of drug-likeness (QED) is 0.490. The first kappa shape index (κ1) is 13.0. The van der Waals surface area contributed by atoms with E-state index in [2.05, 4.69) is 9.97 Å². The smallest absolute Gasteiger partial charge is 0.248 e. The van der Waals surface area contributed by atoms with Gasteiger partial charge in [0.15, 0.2) is 17.1 Å². The van der Waals surface area contributed by atoms with E-state index in [0.29, 0.717) is 11.6 Å². The molecule has 0 aliphatic heterocycles. The highest BCUT2D eigenvalue weighted by Gasteiger charge is 2.18. The number of fused-ring (bicyclic) bond motifs is 2. The van der Waals surface area contributed by atoms with Crippen LogP contribution in [0.3, 0.4) is 0 Å². The van der Waals surface area contributed by atoms with Crippen molar-refractivity contribution < 1.29 is 4.42 Å². The summed E-state index contributed by atoms with van der Waals surface area (Å²) in [5.74, 6) is 1.28. The molecule has 114 valence electrons. The summed E-state index contributed by atoms with van der Waals surface area (Å²) in [6.45, 7) is 0. The molecule has 1 aromatic carbocycles. The van der Waals surface area contributed by atoms with Crippen LogP contribution in [0.2, 0.25) is 0 Å². The highest BCUT2D eigenvalue weighted by Crippen LogP contribution is 2.30. The van der Waals surface area contributed by atoms with Gasteiger partial charge < -0.3 is 4.42 Å². The molecule has 5 rings (SSSR count). The van der Waals surface area contributed by atoms with E-state index in [0.717, 1.165) is 28.1 Å². The topological polar surface area (TPSA) is 56.2 Å². The SMILES string of the molecule is c1ccc(-c2nc(-c3nc4ccccc4o3)c3ccccn23)nc1. The summed E-state index contributed by atoms with van der Waals surface area (Å²) in [4.78, 5) is 13.8. The first-order valence-corrected chi connectivity index (χ1v) is 7.64. The van der Waals surface area contributed by atoms with Gasteiger partial charge in [0.1, 0.15) is 11.2 Å². The molecule has 0 unspecified atom stereocenters. The number of oxazole rings is 1. The lowest BCUT2D eigenvalue weighted by molar-refractivity contribution is 0.618. The van der Waals surface area contributed by atoms with E-state index in [1.807, 2.05) is 71.3 Å². The van der Waals surface area contributed by atoms with Crippen LogP contribution in [-0.4, -0.2) is 19.4 Å². The lowest BCUT2D eigenvalue weighted by atomic mass is 10.3. The van der Waals surface area contributed by atoms with Crippen molar-refractivity contribution in [1.82, 2.24) is 19.4 Å². The van der Waals surface area contributed by atoms with Gasteiger partial charge in [-0.25, -0.2) is 9.97 Å². The third-order valence-corrected chi connectivity index (χ3v) is 3.94. The number of aromatic nitrogens is 4. The molecule has 5 heteroatoms. The normalized spacial score (nSPS) is 11.3. The Labute approximate surface area is 137 Å². The Morgan fingerprint density at radius 3 is 2.58 bits per heavy atom. The van der Waals surface area contributed by atoms with Crippen LogP contribution in [0.15, 0.2) is 77.5 Å². The standard InChI is InChI=1S/C19H12N4O/c1-2-10-16-13(7-1)21-19(24-16)17-15-9-4-6-12-23(15)18(22-17)14-8-3-5-11-20-14/h1-12H. The minimum atomic E-state index is 0.516. The Morgan fingerprint density at radius 2 is 1.71 bits per heavy atom. The molecule has 0 aliphatic carbocycles. The number of imidazole rings is 1. The van der Waals surface area contributed by atoms with Gasteiger partial charge in [0.05, 0.1) is 5.52 Å². The molecular formula is C19H12N4O. The van der Waals surface area contributed by atoms with Crippen LogP contribution in [0.1, 0.15) is 0 Å². The van der Waals surface area contributed by atoms with Crippen molar-refractivity contribution in [2.24, 2.45) is 0 Å². The average Bonchev–Trinajstić information content (AvgIpc) is 3.24. The molecule has 0 saturated heterocycles. The fraction of sp³-hybridized carbons (Fsp3) is 0. The Kier molecular flexibility index (Phi) is 2.72. The third-order valence-electron chi connectivity index (χ3n) is 3.94. The van der Waals surface area contributed by atoms with Gasteiger partial charge in [0, 0.05) is 12.4 Å². The minimum absolute atomic E-state index is 0.516. The number of hydrogen-bond donors (Lipinski definition) is 0. The molecule has 0 saturated carbocycles. The average molecular weight is 312 g/mol. The maximum Gasteiger partial charge on any atom is 0.248 e. The van der Waals surface area contributed by atoms with Crippen LogP contribution in [0.4, 0.5) is 0 Å². The van der Waals surface area contributed by atoms with Crippen molar-refractivity contribution in [2.45, 2.75) is 0 Å². The van der Waals surface area contributed by atoms with Crippen LogP contribution in [-0.2, 0) is 0 Å². The zero-order chi connectivity index (χ0) is 15.9. The molecule has 0 fully saturated rings. The van der Waals surface area contributed by atoms with E-state index in [1.165, 1.54) is 0 Å². The Hall–Kier alpha value is -3.47. The zero-order valence-corrected chi connectivity index (χ0v) is 12.6. The molecular weight excluding hydrogens is 300 g/mol. The van der Waals surface area contributed by atoms with Crippen molar-refractivity contribution in [1.29, 1.82) is 0 Å². The predicted molar refractivity (Wildman–Crippen MR) is 91.4 cm³/mol. The minimum Gasteiger partial charge on any atom is -0.435 e.